The first-order valence-electron chi connectivity index (χ1n) is 5.29. The monoisotopic (exact) mass is 296 g/mol. The van der Waals surface area contributed by atoms with E-state index in [0.29, 0.717) is 27.0 Å². The number of carbonyl (C=O) groups excluding carboxylic acids is 1. The summed E-state index contributed by atoms with van der Waals surface area (Å²) in [6, 6.07) is 6.36. The number of halogens is 2. The number of aromatic nitrogens is 1. The number of nitrogen functional groups attached to an aromatic ring is 1. The van der Waals surface area contributed by atoms with Crippen LogP contribution in [0.4, 0.5) is 11.4 Å². The van der Waals surface area contributed by atoms with E-state index in [9.17, 15) is 4.79 Å². The Balaban J connectivity index is 2.26. The molecule has 0 aliphatic carbocycles. The van der Waals surface area contributed by atoms with Gasteiger partial charge in [0.1, 0.15) is 0 Å². The molecule has 0 radical (unpaired) electrons. The lowest BCUT2D eigenvalue weighted by molar-refractivity contribution is 0.102. The first-order valence-corrected chi connectivity index (χ1v) is 6.04. The van der Waals surface area contributed by atoms with Crippen LogP contribution in [0.1, 0.15) is 10.4 Å². The third-order valence-electron chi connectivity index (χ3n) is 2.40. The van der Waals surface area contributed by atoms with Crippen LogP contribution in [-0.2, 0) is 0 Å². The van der Waals surface area contributed by atoms with E-state index in [-0.39, 0.29) is 5.91 Å². The normalized spacial score (nSPS) is 10.1. The lowest BCUT2D eigenvalue weighted by Gasteiger charge is -2.10. The fraction of sp³-hybridized carbons (Fsp3) is 0. The summed E-state index contributed by atoms with van der Waals surface area (Å²) in [6.45, 7) is 0. The number of nitrogens with zero attached hydrogens (tertiary/aromatic N) is 1. The van der Waals surface area contributed by atoms with Crippen LogP contribution in [0.5, 0.6) is 0 Å². The zero-order chi connectivity index (χ0) is 13.8. The average Bonchev–Trinajstić information content (AvgIpc) is 2.41. The highest BCUT2D eigenvalue weighted by atomic mass is 35.5. The number of rotatable bonds is 3. The van der Waals surface area contributed by atoms with E-state index >= 15 is 0 Å². The first kappa shape index (κ1) is 13.6. The summed E-state index contributed by atoms with van der Waals surface area (Å²) >= 11 is 11.8. The number of hydrogen-bond donors (Lipinski definition) is 3. The van der Waals surface area contributed by atoms with Gasteiger partial charge in [-0.05, 0) is 24.3 Å². The topological polar surface area (TPSA) is 80.0 Å². The summed E-state index contributed by atoms with van der Waals surface area (Å²) in [7, 11) is 0. The van der Waals surface area contributed by atoms with Gasteiger partial charge in [0.15, 0.2) is 0 Å². The molecule has 0 aliphatic rings. The van der Waals surface area contributed by atoms with Gasteiger partial charge >= 0.3 is 0 Å². The van der Waals surface area contributed by atoms with E-state index < -0.39 is 0 Å². The smallest absolute Gasteiger partial charge is 0.257 e. The highest BCUT2D eigenvalue weighted by Crippen LogP contribution is 2.26. The largest absolute Gasteiger partial charge is 0.322 e. The van der Waals surface area contributed by atoms with Crippen LogP contribution in [-0.4, -0.2) is 10.9 Å². The maximum Gasteiger partial charge on any atom is 0.257 e. The molecule has 1 aromatic carbocycles. The molecule has 1 amide bonds. The number of pyridine rings is 1. The minimum atomic E-state index is -0.348. The molecule has 4 N–H and O–H groups in total. The summed E-state index contributed by atoms with van der Waals surface area (Å²) in [6.07, 6.45) is 2.96. The van der Waals surface area contributed by atoms with Crippen LogP contribution in [0.15, 0.2) is 36.7 Å². The molecule has 5 nitrogen and oxygen atoms in total. The van der Waals surface area contributed by atoms with Crippen molar-refractivity contribution < 1.29 is 4.79 Å². The lowest BCUT2D eigenvalue weighted by Crippen LogP contribution is -2.17. The molecule has 1 aromatic heterocycles. The van der Waals surface area contributed by atoms with Crippen molar-refractivity contribution in [3.05, 3.63) is 52.3 Å². The molecule has 7 heteroatoms. The van der Waals surface area contributed by atoms with Crippen LogP contribution < -0.4 is 16.6 Å². The molecule has 2 aromatic rings. The second kappa shape index (κ2) is 5.88. The molecule has 0 atom stereocenters. The van der Waals surface area contributed by atoms with Crippen molar-refractivity contribution in [3.8, 4) is 0 Å². The number of benzene rings is 1. The van der Waals surface area contributed by atoms with Crippen molar-refractivity contribution >= 4 is 40.5 Å². The van der Waals surface area contributed by atoms with E-state index in [1.54, 1.807) is 24.3 Å². The predicted octanol–water partition coefficient (Wildman–Crippen LogP) is 2.93. The standard InChI is InChI=1S/C12H10Cl2N4O/c13-7-1-2-10(9(14)5-7)17-12(19)8-3-4-16-6-11(8)18-15/h1-6,18H,15H2,(H,17,19). The van der Waals surface area contributed by atoms with E-state index in [0.717, 1.165) is 0 Å². The Morgan fingerprint density at radius 1 is 1.21 bits per heavy atom. The zero-order valence-electron chi connectivity index (χ0n) is 9.65. The van der Waals surface area contributed by atoms with Gasteiger partial charge in [-0.3, -0.25) is 15.6 Å². The van der Waals surface area contributed by atoms with Gasteiger partial charge in [0.05, 0.1) is 28.2 Å². The summed E-state index contributed by atoms with van der Waals surface area (Å²) < 4.78 is 0. The molecule has 0 bridgehead atoms. The number of hydrazine groups is 1. The van der Waals surface area contributed by atoms with Crippen LogP contribution >= 0.6 is 23.2 Å². The average molecular weight is 297 g/mol. The van der Waals surface area contributed by atoms with Gasteiger partial charge in [-0.2, -0.15) is 0 Å². The molecule has 0 saturated carbocycles. The summed E-state index contributed by atoms with van der Waals surface area (Å²) in [5, 5.41) is 3.53. The molecule has 98 valence electrons. The maximum absolute atomic E-state index is 12.1. The van der Waals surface area contributed by atoms with E-state index in [4.69, 9.17) is 29.0 Å². The Labute approximate surface area is 119 Å². The Kier molecular flexibility index (Phi) is 4.21. The summed E-state index contributed by atoms with van der Waals surface area (Å²) in [5.41, 5.74) is 3.66. The second-order valence-corrected chi connectivity index (χ2v) is 4.49. The molecule has 0 unspecified atom stereocenters. The Morgan fingerprint density at radius 3 is 2.68 bits per heavy atom. The molecule has 1 heterocycles. The first-order chi connectivity index (χ1) is 9.11. The van der Waals surface area contributed by atoms with Crippen molar-refractivity contribution in [2.24, 2.45) is 5.84 Å². The van der Waals surface area contributed by atoms with Gasteiger partial charge in [-0.1, -0.05) is 23.2 Å². The Hall–Kier alpha value is -1.82. The fourth-order valence-electron chi connectivity index (χ4n) is 1.49. The third kappa shape index (κ3) is 3.14. The molecular weight excluding hydrogens is 287 g/mol. The number of anilines is 2. The van der Waals surface area contributed by atoms with Crippen LogP contribution in [0.3, 0.4) is 0 Å². The Morgan fingerprint density at radius 2 is 2.00 bits per heavy atom. The lowest BCUT2D eigenvalue weighted by atomic mass is 10.2. The zero-order valence-corrected chi connectivity index (χ0v) is 11.2. The number of hydrogen-bond acceptors (Lipinski definition) is 4. The minimum Gasteiger partial charge on any atom is -0.322 e. The highest BCUT2D eigenvalue weighted by Gasteiger charge is 2.12. The second-order valence-electron chi connectivity index (χ2n) is 3.64. The third-order valence-corrected chi connectivity index (χ3v) is 2.95. The minimum absolute atomic E-state index is 0.348. The fourth-order valence-corrected chi connectivity index (χ4v) is 1.94. The van der Waals surface area contributed by atoms with Crippen molar-refractivity contribution in [1.29, 1.82) is 0 Å². The summed E-state index contributed by atoms with van der Waals surface area (Å²) in [5.74, 6) is 4.97. The van der Waals surface area contributed by atoms with Gasteiger partial charge in [-0.25, -0.2) is 0 Å². The molecule has 0 aliphatic heterocycles. The molecule has 2 rings (SSSR count). The van der Waals surface area contributed by atoms with Crippen molar-refractivity contribution in [3.63, 3.8) is 0 Å². The van der Waals surface area contributed by atoms with Gasteiger partial charge < -0.3 is 10.7 Å². The van der Waals surface area contributed by atoms with E-state index in [1.165, 1.54) is 12.4 Å². The highest BCUT2D eigenvalue weighted by molar-refractivity contribution is 6.36. The van der Waals surface area contributed by atoms with Crippen LogP contribution in [0.25, 0.3) is 0 Å². The van der Waals surface area contributed by atoms with Crippen molar-refractivity contribution in [1.82, 2.24) is 4.98 Å². The van der Waals surface area contributed by atoms with Gasteiger partial charge in [-0.15, -0.1) is 0 Å². The maximum atomic E-state index is 12.1. The SMILES string of the molecule is NNc1cnccc1C(=O)Nc1ccc(Cl)cc1Cl. The number of amides is 1. The number of nitrogens with two attached hydrogens (primary N) is 1. The van der Waals surface area contributed by atoms with Crippen LogP contribution in [0.2, 0.25) is 10.0 Å². The number of carbonyl (C=O) groups is 1. The van der Waals surface area contributed by atoms with Gasteiger partial charge in [0, 0.05) is 11.2 Å². The van der Waals surface area contributed by atoms with E-state index in [2.05, 4.69) is 15.7 Å². The van der Waals surface area contributed by atoms with Crippen molar-refractivity contribution in [2.75, 3.05) is 10.7 Å². The Bertz CT molecular complexity index is 618. The van der Waals surface area contributed by atoms with Crippen molar-refractivity contribution in [2.45, 2.75) is 0 Å². The molecule has 0 fully saturated rings. The van der Waals surface area contributed by atoms with Gasteiger partial charge in [0.2, 0.25) is 0 Å². The molecule has 0 spiro atoms. The van der Waals surface area contributed by atoms with Crippen LogP contribution in [0, 0.1) is 0 Å². The number of nitrogens with one attached hydrogen (secondary N) is 2. The molecule has 0 saturated heterocycles. The molecule has 19 heavy (non-hydrogen) atoms. The predicted molar refractivity (Wildman–Crippen MR) is 76.5 cm³/mol. The van der Waals surface area contributed by atoms with E-state index in [1.807, 2.05) is 0 Å². The summed E-state index contributed by atoms with van der Waals surface area (Å²) in [4.78, 5) is 16.0. The quantitative estimate of drug-likeness (QED) is 0.601. The molecular formula is C12H10Cl2N4O. The van der Waals surface area contributed by atoms with Gasteiger partial charge in [0.25, 0.3) is 5.91 Å².